The fourth-order valence-corrected chi connectivity index (χ4v) is 2.37. The number of morpholine rings is 1. The van der Waals surface area contributed by atoms with Gasteiger partial charge in [-0.1, -0.05) is 22.0 Å². The maximum Gasteiger partial charge on any atom is 0.0642 e. The standard InChI is InChI=1S/C11H15BrN2O/c12-10-2-1-3-11(9(10)8-13)14-4-6-15-7-5-14/h1-3H,4-8,13H2. The van der Waals surface area contributed by atoms with Gasteiger partial charge in [-0.15, -0.1) is 0 Å². The van der Waals surface area contributed by atoms with Crippen molar-refractivity contribution in [1.29, 1.82) is 0 Å². The molecular weight excluding hydrogens is 256 g/mol. The largest absolute Gasteiger partial charge is 0.378 e. The fourth-order valence-electron chi connectivity index (χ4n) is 1.85. The minimum Gasteiger partial charge on any atom is -0.378 e. The number of halogens is 1. The highest BCUT2D eigenvalue weighted by atomic mass is 79.9. The van der Waals surface area contributed by atoms with Crippen LogP contribution in [0.25, 0.3) is 0 Å². The summed E-state index contributed by atoms with van der Waals surface area (Å²) in [4.78, 5) is 2.33. The lowest BCUT2D eigenvalue weighted by molar-refractivity contribution is 0.122. The summed E-state index contributed by atoms with van der Waals surface area (Å²) in [6.45, 7) is 4.06. The van der Waals surface area contributed by atoms with Gasteiger partial charge in [-0.3, -0.25) is 0 Å². The van der Waals surface area contributed by atoms with E-state index in [0.717, 1.165) is 30.8 Å². The van der Waals surface area contributed by atoms with Crippen LogP contribution in [-0.2, 0) is 11.3 Å². The number of nitrogens with zero attached hydrogens (tertiary/aromatic N) is 1. The molecule has 3 nitrogen and oxygen atoms in total. The first-order valence-corrected chi connectivity index (χ1v) is 5.92. The smallest absolute Gasteiger partial charge is 0.0642 e. The van der Waals surface area contributed by atoms with Crippen LogP contribution in [-0.4, -0.2) is 26.3 Å². The molecule has 0 aromatic heterocycles. The quantitative estimate of drug-likeness (QED) is 0.890. The van der Waals surface area contributed by atoms with Crippen LogP contribution in [0.4, 0.5) is 5.69 Å². The molecule has 0 aliphatic carbocycles. The van der Waals surface area contributed by atoms with E-state index in [1.807, 2.05) is 12.1 Å². The van der Waals surface area contributed by atoms with E-state index in [4.69, 9.17) is 10.5 Å². The van der Waals surface area contributed by atoms with E-state index in [0.29, 0.717) is 6.54 Å². The number of hydrogen-bond acceptors (Lipinski definition) is 3. The van der Waals surface area contributed by atoms with Gasteiger partial charge in [-0.2, -0.15) is 0 Å². The summed E-state index contributed by atoms with van der Waals surface area (Å²) in [5.41, 5.74) is 8.18. The normalized spacial score (nSPS) is 16.8. The minimum atomic E-state index is 0.564. The van der Waals surface area contributed by atoms with Crippen molar-refractivity contribution in [3.05, 3.63) is 28.2 Å². The van der Waals surface area contributed by atoms with Gasteiger partial charge >= 0.3 is 0 Å². The Bertz CT molecular complexity index is 337. The van der Waals surface area contributed by atoms with Crippen LogP contribution in [0, 0.1) is 0 Å². The Kier molecular flexibility index (Phi) is 3.61. The van der Waals surface area contributed by atoms with Gasteiger partial charge in [0.2, 0.25) is 0 Å². The number of benzene rings is 1. The van der Waals surface area contributed by atoms with E-state index in [1.165, 1.54) is 11.3 Å². The maximum absolute atomic E-state index is 5.77. The average Bonchev–Trinajstić information content (AvgIpc) is 2.30. The number of nitrogens with two attached hydrogens (primary N) is 1. The molecule has 1 heterocycles. The number of ether oxygens (including phenoxy) is 1. The van der Waals surface area contributed by atoms with Gasteiger partial charge in [-0.05, 0) is 12.1 Å². The number of anilines is 1. The lowest BCUT2D eigenvalue weighted by Gasteiger charge is -2.30. The Hall–Kier alpha value is -0.580. The lowest BCUT2D eigenvalue weighted by atomic mass is 10.1. The van der Waals surface area contributed by atoms with Crippen molar-refractivity contribution in [2.45, 2.75) is 6.54 Å². The molecular formula is C11H15BrN2O. The third-order valence-corrected chi connectivity index (χ3v) is 3.39. The second-order valence-corrected chi connectivity index (χ2v) is 4.40. The molecule has 1 aromatic carbocycles. The van der Waals surface area contributed by atoms with Crippen molar-refractivity contribution in [2.75, 3.05) is 31.2 Å². The molecule has 0 amide bonds. The summed E-state index contributed by atoms with van der Waals surface area (Å²) in [6.07, 6.45) is 0. The van der Waals surface area contributed by atoms with Crippen LogP contribution < -0.4 is 10.6 Å². The summed E-state index contributed by atoms with van der Waals surface area (Å²) in [6, 6.07) is 6.21. The molecule has 1 aliphatic rings. The molecule has 1 aliphatic heterocycles. The van der Waals surface area contributed by atoms with E-state index in [-0.39, 0.29) is 0 Å². The average molecular weight is 271 g/mol. The molecule has 2 rings (SSSR count). The fraction of sp³-hybridized carbons (Fsp3) is 0.455. The zero-order valence-electron chi connectivity index (χ0n) is 8.58. The van der Waals surface area contributed by atoms with E-state index >= 15 is 0 Å². The minimum absolute atomic E-state index is 0.564. The predicted molar refractivity (Wildman–Crippen MR) is 65.1 cm³/mol. The zero-order chi connectivity index (χ0) is 10.7. The summed E-state index contributed by atoms with van der Waals surface area (Å²) < 4.78 is 6.43. The molecule has 0 bridgehead atoms. The van der Waals surface area contributed by atoms with Crippen LogP contribution in [0.5, 0.6) is 0 Å². The van der Waals surface area contributed by atoms with Gasteiger partial charge in [0.25, 0.3) is 0 Å². The molecule has 1 saturated heterocycles. The van der Waals surface area contributed by atoms with Crippen LogP contribution in [0.2, 0.25) is 0 Å². The zero-order valence-corrected chi connectivity index (χ0v) is 10.2. The van der Waals surface area contributed by atoms with Gasteiger partial charge in [0.15, 0.2) is 0 Å². The van der Waals surface area contributed by atoms with E-state index in [2.05, 4.69) is 26.9 Å². The monoisotopic (exact) mass is 270 g/mol. The Balaban J connectivity index is 2.29. The molecule has 0 unspecified atom stereocenters. The van der Waals surface area contributed by atoms with Crippen molar-refractivity contribution in [1.82, 2.24) is 0 Å². The SMILES string of the molecule is NCc1c(Br)cccc1N1CCOCC1. The van der Waals surface area contributed by atoms with Crippen molar-refractivity contribution in [2.24, 2.45) is 5.73 Å². The Morgan fingerprint density at radius 2 is 2.07 bits per heavy atom. The van der Waals surface area contributed by atoms with Crippen LogP contribution in [0.15, 0.2) is 22.7 Å². The van der Waals surface area contributed by atoms with Crippen LogP contribution in [0.1, 0.15) is 5.56 Å². The summed E-state index contributed by atoms with van der Waals surface area (Å²) in [5, 5.41) is 0. The molecule has 0 spiro atoms. The summed E-state index contributed by atoms with van der Waals surface area (Å²) in [5.74, 6) is 0. The first-order chi connectivity index (χ1) is 7.33. The van der Waals surface area contributed by atoms with E-state index < -0.39 is 0 Å². The van der Waals surface area contributed by atoms with E-state index in [1.54, 1.807) is 0 Å². The summed E-state index contributed by atoms with van der Waals surface area (Å²) in [7, 11) is 0. The second kappa shape index (κ2) is 4.96. The van der Waals surface area contributed by atoms with Crippen LogP contribution in [0.3, 0.4) is 0 Å². The number of hydrogen-bond donors (Lipinski definition) is 1. The molecule has 1 aromatic rings. The maximum atomic E-state index is 5.77. The third-order valence-electron chi connectivity index (χ3n) is 2.65. The molecule has 2 N–H and O–H groups in total. The first-order valence-electron chi connectivity index (χ1n) is 5.13. The van der Waals surface area contributed by atoms with Crippen molar-refractivity contribution in [3.63, 3.8) is 0 Å². The Morgan fingerprint density at radius 1 is 1.33 bits per heavy atom. The number of rotatable bonds is 2. The molecule has 1 fully saturated rings. The van der Waals surface area contributed by atoms with Crippen LogP contribution >= 0.6 is 15.9 Å². The van der Waals surface area contributed by atoms with Crippen molar-refractivity contribution < 1.29 is 4.74 Å². The highest BCUT2D eigenvalue weighted by Gasteiger charge is 2.15. The third kappa shape index (κ3) is 2.33. The Labute approximate surface area is 98.3 Å². The topological polar surface area (TPSA) is 38.5 Å². The first kappa shape index (κ1) is 10.9. The van der Waals surface area contributed by atoms with Gasteiger partial charge in [0, 0.05) is 35.4 Å². The second-order valence-electron chi connectivity index (χ2n) is 3.54. The van der Waals surface area contributed by atoms with E-state index in [9.17, 15) is 0 Å². The Morgan fingerprint density at radius 3 is 2.73 bits per heavy atom. The molecule has 0 saturated carbocycles. The van der Waals surface area contributed by atoms with Crippen molar-refractivity contribution in [3.8, 4) is 0 Å². The molecule has 15 heavy (non-hydrogen) atoms. The molecule has 82 valence electrons. The highest BCUT2D eigenvalue weighted by molar-refractivity contribution is 9.10. The van der Waals surface area contributed by atoms with Gasteiger partial charge in [0.1, 0.15) is 0 Å². The molecule has 4 heteroatoms. The van der Waals surface area contributed by atoms with Gasteiger partial charge in [-0.25, -0.2) is 0 Å². The van der Waals surface area contributed by atoms with Gasteiger partial charge < -0.3 is 15.4 Å². The van der Waals surface area contributed by atoms with Gasteiger partial charge in [0.05, 0.1) is 13.2 Å². The molecule has 0 atom stereocenters. The predicted octanol–water partition coefficient (Wildman–Crippen LogP) is 1.74. The van der Waals surface area contributed by atoms with Crippen molar-refractivity contribution >= 4 is 21.6 Å². The lowest BCUT2D eigenvalue weighted by Crippen LogP contribution is -2.37. The molecule has 0 radical (unpaired) electrons. The highest BCUT2D eigenvalue weighted by Crippen LogP contribution is 2.27. The summed E-state index contributed by atoms with van der Waals surface area (Å²) >= 11 is 3.54.